The van der Waals surface area contributed by atoms with E-state index in [1.54, 1.807) is 6.07 Å². The van der Waals surface area contributed by atoms with Gasteiger partial charge in [-0.1, -0.05) is 56.9 Å². The number of pyridine rings is 1. The molecule has 0 atom stereocenters. The second kappa shape index (κ2) is 14.3. The van der Waals surface area contributed by atoms with E-state index in [1.165, 1.54) is 50.7 Å². The van der Waals surface area contributed by atoms with Gasteiger partial charge in [0.05, 0.1) is 11.3 Å². The smallest absolute Gasteiger partial charge is 0.429 e. The zero-order valence-corrected chi connectivity index (χ0v) is 25.5. The minimum absolute atomic E-state index is 0.0283. The molecule has 3 aromatic carbocycles. The number of hydrogen-bond donors (Lipinski definition) is 0. The molecule has 1 heterocycles. The Balaban J connectivity index is 1.25. The number of alkyl halides is 5. The van der Waals surface area contributed by atoms with Crippen molar-refractivity contribution in [2.75, 3.05) is 0 Å². The molecular formula is C36H33F8NO2. The van der Waals surface area contributed by atoms with Crippen molar-refractivity contribution in [1.29, 1.82) is 0 Å². The highest BCUT2D eigenvalue weighted by molar-refractivity contribution is 5.70. The van der Waals surface area contributed by atoms with Crippen LogP contribution in [0.25, 0.3) is 22.4 Å². The van der Waals surface area contributed by atoms with Gasteiger partial charge in [-0.25, -0.2) is 13.2 Å². The van der Waals surface area contributed by atoms with Crippen LogP contribution in [0.1, 0.15) is 75.3 Å². The largest absolute Gasteiger partial charge is 0.573 e. The molecule has 11 heteroatoms. The van der Waals surface area contributed by atoms with E-state index in [0.29, 0.717) is 41.4 Å². The van der Waals surface area contributed by atoms with Gasteiger partial charge in [0.25, 0.3) is 0 Å². The van der Waals surface area contributed by atoms with Crippen LogP contribution in [0.5, 0.6) is 11.5 Å². The molecule has 5 rings (SSSR count). The molecule has 47 heavy (non-hydrogen) atoms. The average Bonchev–Trinajstić information content (AvgIpc) is 3.02. The first-order valence-corrected chi connectivity index (χ1v) is 15.5. The molecule has 1 fully saturated rings. The molecule has 3 nitrogen and oxygen atoms in total. The lowest BCUT2D eigenvalue weighted by Crippen LogP contribution is -2.23. The van der Waals surface area contributed by atoms with Crippen molar-refractivity contribution in [2.45, 2.75) is 76.7 Å². The van der Waals surface area contributed by atoms with Crippen LogP contribution in [0.2, 0.25) is 0 Å². The predicted molar refractivity (Wildman–Crippen MR) is 161 cm³/mol. The van der Waals surface area contributed by atoms with Gasteiger partial charge in [0.2, 0.25) is 0 Å². The van der Waals surface area contributed by atoms with Gasteiger partial charge in [0.1, 0.15) is 17.4 Å². The van der Waals surface area contributed by atoms with Gasteiger partial charge in [0.15, 0.2) is 11.6 Å². The molecular weight excluding hydrogens is 630 g/mol. The number of halogens is 8. The first-order valence-electron chi connectivity index (χ1n) is 15.5. The fraction of sp³-hybridized carbons (Fsp3) is 0.361. The number of aromatic nitrogens is 1. The van der Waals surface area contributed by atoms with Crippen molar-refractivity contribution in [3.8, 4) is 33.9 Å². The van der Waals surface area contributed by atoms with Crippen LogP contribution in [0.4, 0.5) is 35.1 Å². The van der Waals surface area contributed by atoms with Crippen LogP contribution >= 0.6 is 0 Å². The lowest BCUT2D eigenvalue weighted by Gasteiger charge is -2.28. The molecule has 0 bridgehead atoms. The lowest BCUT2D eigenvalue weighted by atomic mass is 9.77. The van der Waals surface area contributed by atoms with Gasteiger partial charge >= 0.3 is 12.5 Å². The van der Waals surface area contributed by atoms with Gasteiger partial charge < -0.3 is 9.47 Å². The fourth-order valence-electron chi connectivity index (χ4n) is 6.07. The van der Waals surface area contributed by atoms with Crippen LogP contribution in [0.15, 0.2) is 72.9 Å². The summed E-state index contributed by atoms with van der Waals surface area (Å²) in [4.78, 5) is 4.56. The highest BCUT2D eigenvalue weighted by Crippen LogP contribution is 2.39. The molecule has 1 aliphatic rings. The molecule has 1 aliphatic carbocycles. The Hall–Kier alpha value is -4.15. The van der Waals surface area contributed by atoms with E-state index in [0.717, 1.165) is 30.4 Å². The number of benzene rings is 3. The van der Waals surface area contributed by atoms with E-state index >= 15 is 4.39 Å². The van der Waals surface area contributed by atoms with E-state index in [9.17, 15) is 30.7 Å². The minimum atomic E-state index is -5.20. The maximum Gasteiger partial charge on any atom is 0.573 e. The molecule has 0 radical (unpaired) electrons. The highest BCUT2D eigenvalue weighted by atomic mass is 19.4. The Labute approximate surface area is 267 Å². The summed E-state index contributed by atoms with van der Waals surface area (Å²) in [6.45, 7) is 2.21. The second-order valence-electron chi connectivity index (χ2n) is 11.8. The maximum atomic E-state index is 15.2. The summed E-state index contributed by atoms with van der Waals surface area (Å²) >= 11 is 0. The Morgan fingerprint density at radius 3 is 2.06 bits per heavy atom. The number of hydrogen-bond acceptors (Lipinski definition) is 3. The number of rotatable bonds is 11. The first kappa shape index (κ1) is 34.2. The van der Waals surface area contributed by atoms with Crippen molar-refractivity contribution in [3.05, 3.63) is 102 Å². The summed E-state index contributed by atoms with van der Waals surface area (Å²) < 4.78 is 119. The van der Waals surface area contributed by atoms with Crippen molar-refractivity contribution < 1.29 is 44.6 Å². The third-order valence-corrected chi connectivity index (χ3v) is 8.55. The van der Waals surface area contributed by atoms with E-state index in [1.807, 2.05) is 18.3 Å². The Kier molecular flexibility index (Phi) is 10.4. The van der Waals surface area contributed by atoms with Crippen molar-refractivity contribution in [3.63, 3.8) is 0 Å². The number of unbranched alkanes of at least 4 members (excludes halogenated alkanes) is 2. The van der Waals surface area contributed by atoms with Crippen molar-refractivity contribution in [2.24, 2.45) is 5.92 Å². The van der Waals surface area contributed by atoms with Crippen LogP contribution in [0, 0.1) is 23.4 Å². The molecule has 4 aromatic rings. The van der Waals surface area contributed by atoms with Gasteiger partial charge in [0, 0.05) is 23.4 Å². The fourth-order valence-corrected chi connectivity index (χ4v) is 6.07. The highest BCUT2D eigenvalue weighted by Gasteiger charge is 2.38. The molecule has 0 amide bonds. The van der Waals surface area contributed by atoms with Gasteiger partial charge in [-0.2, -0.15) is 8.78 Å². The van der Waals surface area contributed by atoms with Gasteiger partial charge in [-0.3, -0.25) is 4.98 Å². The number of nitrogens with zero attached hydrogens (tertiary/aromatic N) is 1. The SMILES string of the molecule is CCCCCC1CCC(c2ccc(-c3ccc(-c4ccc(C(F)(F)Oc5ccc(OC(F)(F)F)c(F)c5)c(F)c4)c(F)c3)nc2)CC1. The summed E-state index contributed by atoms with van der Waals surface area (Å²) in [5.74, 6) is -4.67. The number of ether oxygens (including phenoxy) is 2. The van der Waals surface area contributed by atoms with Crippen molar-refractivity contribution >= 4 is 0 Å². The third kappa shape index (κ3) is 8.61. The monoisotopic (exact) mass is 663 g/mol. The van der Waals surface area contributed by atoms with Crippen LogP contribution in [0.3, 0.4) is 0 Å². The molecule has 1 aromatic heterocycles. The Bertz CT molecular complexity index is 1670. The molecule has 0 unspecified atom stereocenters. The summed E-state index contributed by atoms with van der Waals surface area (Å²) in [5.41, 5.74) is 0.890. The Morgan fingerprint density at radius 2 is 1.45 bits per heavy atom. The summed E-state index contributed by atoms with van der Waals surface area (Å²) in [7, 11) is 0. The predicted octanol–water partition coefficient (Wildman–Crippen LogP) is 11.7. The summed E-state index contributed by atoms with van der Waals surface area (Å²) in [5, 5.41) is 0. The molecule has 1 saturated carbocycles. The van der Waals surface area contributed by atoms with Gasteiger partial charge in [-0.05, 0) is 85.0 Å². The quantitative estimate of drug-likeness (QED) is 0.118. The normalized spacial score (nSPS) is 17.0. The third-order valence-electron chi connectivity index (χ3n) is 8.55. The van der Waals surface area contributed by atoms with Crippen LogP contribution < -0.4 is 9.47 Å². The maximum absolute atomic E-state index is 15.2. The molecule has 0 aliphatic heterocycles. The lowest BCUT2D eigenvalue weighted by molar-refractivity contribution is -0.275. The molecule has 0 N–H and O–H groups in total. The van der Waals surface area contributed by atoms with E-state index in [4.69, 9.17) is 0 Å². The minimum Gasteiger partial charge on any atom is -0.429 e. The zero-order chi connectivity index (χ0) is 33.8. The van der Waals surface area contributed by atoms with Crippen LogP contribution in [-0.4, -0.2) is 11.3 Å². The topological polar surface area (TPSA) is 31.4 Å². The van der Waals surface area contributed by atoms with E-state index < -0.39 is 47.0 Å². The van der Waals surface area contributed by atoms with E-state index in [2.05, 4.69) is 21.4 Å². The van der Waals surface area contributed by atoms with E-state index in [-0.39, 0.29) is 17.2 Å². The average molecular weight is 664 g/mol. The first-order chi connectivity index (χ1) is 22.3. The second-order valence-corrected chi connectivity index (χ2v) is 11.8. The summed E-state index contributed by atoms with van der Waals surface area (Å²) in [6.07, 6.45) is 2.06. The molecule has 250 valence electrons. The summed E-state index contributed by atoms with van der Waals surface area (Å²) in [6, 6.07) is 11.9. The molecule has 0 spiro atoms. The Morgan fingerprint density at radius 1 is 0.723 bits per heavy atom. The van der Waals surface area contributed by atoms with Crippen molar-refractivity contribution in [1.82, 2.24) is 4.98 Å². The van der Waals surface area contributed by atoms with Crippen LogP contribution in [-0.2, 0) is 6.11 Å². The zero-order valence-electron chi connectivity index (χ0n) is 25.5. The van der Waals surface area contributed by atoms with Gasteiger partial charge in [-0.15, -0.1) is 13.2 Å². The standard InChI is InChI=1S/C36H33F8NO2/c1-2-3-4-5-22-6-8-23(9-7-22)26-12-16-33(45-21-26)25-10-14-28(30(37)19-25)24-11-15-29(31(38)18-24)35(40,41)46-27-13-17-34(32(39)20-27)47-36(42,43)44/h10-23H,2-9H2,1H3. The molecule has 0 saturated heterocycles.